The number of carbonyl (C=O) groups is 2. The van der Waals surface area contributed by atoms with Crippen LogP contribution in [0.2, 0.25) is 0 Å². The standard InChI is InChI=1S/C18H27N3O3.ClH/c1-12(14-5-4-8-19-11-14)9-18(23)21-17-10-15(24-3)6-7-16(17)20-13(2)22;/h6-7,10,12,14,19H,4-5,8-9,11H2,1-3H3,(H,20,22)(H,21,23);1H. The zero-order valence-electron chi connectivity index (χ0n) is 15.1. The fourth-order valence-electron chi connectivity index (χ4n) is 3.08. The lowest BCUT2D eigenvalue weighted by atomic mass is 9.85. The van der Waals surface area contributed by atoms with Gasteiger partial charge in [0.2, 0.25) is 11.8 Å². The van der Waals surface area contributed by atoms with E-state index in [0.29, 0.717) is 35.4 Å². The van der Waals surface area contributed by atoms with E-state index >= 15 is 0 Å². The molecule has 1 aliphatic heterocycles. The van der Waals surface area contributed by atoms with Crippen LogP contribution in [-0.2, 0) is 9.59 Å². The van der Waals surface area contributed by atoms with Crippen molar-refractivity contribution >= 4 is 35.6 Å². The first-order valence-corrected chi connectivity index (χ1v) is 8.45. The average molecular weight is 370 g/mol. The summed E-state index contributed by atoms with van der Waals surface area (Å²) in [7, 11) is 1.57. The lowest BCUT2D eigenvalue weighted by Crippen LogP contribution is -2.34. The van der Waals surface area contributed by atoms with E-state index in [1.807, 2.05) is 0 Å². The molecule has 3 N–H and O–H groups in total. The van der Waals surface area contributed by atoms with Crippen molar-refractivity contribution in [3.05, 3.63) is 18.2 Å². The number of methoxy groups -OCH3 is 1. The molecule has 2 unspecified atom stereocenters. The fourth-order valence-corrected chi connectivity index (χ4v) is 3.08. The molecule has 140 valence electrons. The lowest BCUT2D eigenvalue weighted by Gasteiger charge is -2.28. The SMILES string of the molecule is COc1ccc(NC(C)=O)c(NC(=O)CC(C)C2CCCNC2)c1.Cl. The highest BCUT2D eigenvalue weighted by Gasteiger charge is 2.22. The zero-order chi connectivity index (χ0) is 17.5. The first-order chi connectivity index (χ1) is 11.5. The normalized spacial score (nSPS) is 17.8. The second-order valence-electron chi connectivity index (χ2n) is 6.43. The smallest absolute Gasteiger partial charge is 0.224 e. The van der Waals surface area contributed by atoms with Crippen LogP contribution < -0.4 is 20.7 Å². The molecule has 0 bridgehead atoms. The summed E-state index contributed by atoms with van der Waals surface area (Å²) in [5, 5.41) is 9.02. The Labute approximate surface area is 155 Å². The number of nitrogens with one attached hydrogen (secondary N) is 3. The third kappa shape index (κ3) is 6.55. The van der Waals surface area contributed by atoms with Crippen LogP contribution >= 0.6 is 12.4 Å². The molecule has 6 nitrogen and oxygen atoms in total. The van der Waals surface area contributed by atoms with Gasteiger partial charge >= 0.3 is 0 Å². The number of amides is 2. The molecule has 1 heterocycles. The summed E-state index contributed by atoms with van der Waals surface area (Å²) in [5.74, 6) is 1.24. The van der Waals surface area contributed by atoms with Gasteiger partial charge in [0.05, 0.1) is 18.5 Å². The number of ether oxygens (including phenoxy) is 1. The van der Waals surface area contributed by atoms with Gasteiger partial charge in [-0.05, 0) is 49.9 Å². The van der Waals surface area contributed by atoms with Crippen LogP contribution in [-0.4, -0.2) is 32.0 Å². The number of anilines is 2. The first-order valence-electron chi connectivity index (χ1n) is 8.45. The van der Waals surface area contributed by atoms with Gasteiger partial charge in [0.1, 0.15) is 5.75 Å². The zero-order valence-corrected chi connectivity index (χ0v) is 15.9. The van der Waals surface area contributed by atoms with Gasteiger partial charge in [-0.2, -0.15) is 0 Å². The molecule has 7 heteroatoms. The molecule has 1 aromatic rings. The molecule has 0 aliphatic carbocycles. The molecule has 1 fully saturated rings. The number of halogens is 1. The summed E-state index contributed by atoms with van der Waals surface area (Å²) in [4.78, 5) is 23.7. The van der Waals surface area contributed by atoms with E-state index in [9.17, 15) is 9.59 Å². The summed E-state index contributed by atoms with van der Waals surface area (Å²) < 4.78 is 5.20. The van der Waals surface area contributed by atoms with Gasteiger partial charge in [0, 0.05) is 19.4 Å². The molecule has 0 spiro atoms. The van der Waals surface area contributed by atoms with Gasteiger partial charge in [-0.3, -0.25) is 9.59 Å². The molecule has 2 rings (SSSR count). The van der Waals surface area contributed by atoms with Gasteiger partial charge in [-0.1, -0.05) is 6.92 Å². The minimum atomic E-state index is -0.183. The molecular formula is C18H28ClN3O3. The highest BCUT2D eigenvalue weighted by molar-refractivity contribution is 5.99. The number of carbonyl (C=O) groups excluding carboxylic acids is 2. The fraction of sp³-hybridized carbons (Fsp3) is 0.556. The van der Waals surface area contributed by atoms with E-state index in [4.69, 9.17) is 4.74 Å². The number of hydrogen-bond acceptors (Lipinski definition) is 4. The molecular weight excluding hydrogens is 342 g/mol. The molecule has 2 amide bonds. The number of hydrogen-bond donors (Lipinski definition) is 3. The molecule has 25 heavy (non-hydrogen) atoms. The Morgan fingerprint density at radius 3 is 2.68 bits per heavy atom. The molecule has 0 saturated carbocycles. The van der Waals surface area contributed by atoms with E-state index in [-0.39, 0.29) is 24.2 Å². The van der Waals surface area contributed by atoms with Crippen molar-refractivity contribution in [2.75, 3.05) is 30.8 Å². The van der Waals surface area contributed by atoms with Gasteiger partial charge < -0.3 is 20.7 Å². The van der Waals surface area contributed by atoms with E-state index in [0.717, 1.165) is 19.5 Å². The largest absolute Gasteiger partial charge is 0.497 e. The summed E-state index contributed by atoms with van der Waals surface area (Å²) in [6.07, 6.45) is 2.79. The molecule has 0 radical (unpaired) electrons. The Hall–Kier alpha value is -1.79. The monoisotopic (exact) mass is 369 g/mol. The lowest BCUT2D eigenvalue weighted by molar-refractivity contribution is -0.117. The molecule has 1 aliphatic rings. The average Bonchev–Trinajstić information content (AvgIpc) is 2.56. The van der Waals surface area contributed by atoms with Crippen molar-refractivity contribution in [3.8, 4) is 5.75 Å². The van der Waals surface area contributed by atoms with Crippen molar-refractivity contribution in [2.45, 2.75) is 33.1 Å². The number of piperidine rings is 1. The molecule has 2 atom stereocenters. The maximum Gasteiger partial charge on any atom is 0.224 e. The molecule has 0 aromatic heterocycles. The maximum atomic E-state index is 12.4. The minimum absolute atomic E-state index is 0. The van der Waals surface area contributed by atoms with Crippen LogP contribution in [0.15, 0.2) is 18.2 Å². The van der Waals surface area contributed by atoms with Crippen molar-refractivity contribution in [3.63, 3.8) is 0 Å². The van der Waals surface area contributed by atoms with Crippen LogP contribution in [0.5, 0.6) is 5.75 Å². The minimum Gasteiger partial charge on any atom is -0.497 e. The van der Waals surface area contributed by atoms with Crippen LogP contribution in [0.4, 0.5) is 11.4 Å². The van der Waals surface area contributed by atoms with E-state index in [1.165, 1.54) is 13.3 Å². The third-order valence-corrected chi connectivity index (χ3v) is 4.46. The summed E-state index contributed by atoms with van der Waals surface area (Å²) in [6.45, 7) is 5.61. The van der Waals surface area contributed by atoms with Gasteiger partial charge in [0.25, 0.3) is 0 Å². The number of rotatable bonds is 6. The van der Waals surface area contributed by atoms with Crippen molar-refractivity contribution in [1.82, 2.24) is 5.32 Å². The van der Waals surface area contributed by atoms with Crippen LogP contribution in [0.3, 0.4) is 0 Å². The first kappa shape index (κ1) is 21.3. The second kappa shape index (κ2) is 10.3. The quantitative estimate of drug-likeness (QED) is 0.720. The summed E-state index contributed by atoms with van der Waals surface area (Å²) >= 11 is 0. The third-order valence-electron chi connectivity index (χ3n) is 4.46. The van der Waals surface area contributed by atoms with E-state index in [1.54, 1.807) is 25.3 Å². The molecule has 1 aromatic carbocycles. The van der Waals surface area contributed by atoms with Crippen LogP contribution in [0.25, 0.3) is 0 Å². The van der Waals surface area contributed by atoms with Gasteiger partial charge in [0.15, 0.2) is 0 Å². The number of benzene rings is 1. The van der Waals surface area contributed by atoms with Gasteiger partial charge in [-0.25, -0.2) is 0 Å². The van der Waals surface area contributed by atoms with Gasteiger partial charge in [-0.15, -0.1) is 12.4 Å². The Kier molecular flexibility index (Phi) is 8.72. The Morgan fingerprint density at radius 2 is 2.08 bits per heavy atom. The van der Waals surface area contributed by atoms with Crippen molar-refractivity contribution in [2.24, 2.45) is 11.8 Å². The molecule has 1 saturated heterocycles. The van der Waals surface area contributed by atoms with Crippen molar-refractivity contribution < 1.29 is 14.3 Å². The Morgan fingerprint density at radius 1 is 1.32 bits per heavy atom. The second-order valence-corrected chi connectivity index (χ2v) is 6.43. The Balaban J connectivity index is 0.00000312. The highest BCUT2D eigenvalue weighted by atomic mass is 35.5. The van der Waals surface area contributed by atoms with E-state index < -0.39 is 0 Å². The van der Waals surface area contributed by atoms with Crippen LogP contribution in [0.1, 0.15) is 33.1 Å². The van der Waals surface area contributed by atoms with Crippen molar-refractivity contribution in [1.29, 1.82) is 0 Å². The van der Waals surface area contributed by atoms with Crippen LogP contribution in [0, 0.1) is 11.8 Å². The summed E-state index contributed by atoms with van der Waals surface area (Å²) in [6, 6.07) is 5.19. The Bertz CT molecular complexity index is 589. The highest BCUT2D eigenvalue weighted by Crippen LogP contribution is 2.28. The predicted octanol–water partition coefficient (Wildman–Crippen LogP) is 3.04. The maximum absolute atomic E-state index is 12.4. The van der Waals surface area contributed by atoms with E-state index in [2.05, 4.69) is 22.9 Å². The predicted molar refractivity (Wildman–Crippen MR) is 103 cm³/mol. The summed E-state index contributed by atoms with van der Waals surface area (Å²) in [5.41, 5.74) is 1.13. The topological polar surface area (TPSA) is 79.5 Å².